The number of rotatable bonds is 9. The molecule has 0 spiro atoms. The standard InChI is InChI=1S/C17H25ClN2O2S/c1-4-8-20(9-5-2)17(22)12-23-11-16(21)19-15-7-6-14(18)10-13(15)3/h6-7,10H,4-5,8-9,11-12H2,1-3H3,(H,19,21). The molecule has 1 aromatic rings. The van der Waals surface area contributed by atoms with E-state index >= 15 is 0 Å². The van der Waals surface area contributed by atoms with Crippen LogP contribution in [0.15, 0.2) is 18.2 Å². The number of nitrogens with zero attached hydrogens (tertiary/aromatic N) is 1. The summed E-state index contributed by atoms with van der Waals surface area (Å²) in [6.45, 7) is 7.58. The van der Waals surface area contributed by atoms with E-state index < -0.39 is 0 Å². The van der Waals surface area contributed by atoms with Gasteiger partial charge >= 0.3 is 0 Å². The molecule has 0 radical (unpaired) electrons. The smallest absolute Gasteiger partial charge is 0.234 e. The molecule has 0 atom stereocenters. The van der Waals surface area contributed by atoms with Gasteiger partial charge in [0.25, 0.3) is 0 Å². The molecule has 4 nitrogen and oxygen atoms in total. The maximum atomic E-state index is 12.1. The number of aryl methyl sites for hydroxylation is 1. The number of hydrogen-bond donors (Lipinski definition) is 1. The van der Waals surface area contributed by atoms with Crippen molar-refractivity contribution >= 4 is 40.9 Å². The molecule has 0 saturated heterocycles. The van der Waals surface area contributed by atoms with Crippen LogP contribution in [0, 0.1) is 6.92 Å². The molecule has 0 fully saturated rings. The Balaban J connectivity index is 2.39. The number of hydrogen-bond acceptors (Lipinski definition) is 3. The van der Waals surface area contributed by atoms with E-state index in [-0.39, 0.29) is 17.6 Å². The van der Waals surface area contributed by atoms with E-state index in [1.807, 2.05) is 11.8 Å². The average Bonchev–Trinajstić information content (AvgIpc) is 2.50. The molecule has 2 amide bonds. The molecular formula is C17H25ClN2O2S. The van der Waals surface area contributed by atoms with Crippen molar-refractivity contribution in [2.24, 2.45) is 0 Å². The zero-order valence-corrected chi connectivity index (χ0v) is 15.6. The van der Waals surface area contributed by atoms with Crippen LogP contribution in [0.1, 0.15) is 32.3 Å². The van der Waals surface area contributed by atoms with Gasteiger partial charge in [0.2, 0.25) is 11.8 Å². The van der Waals surface area contributed by atoms with Crippen LogP contribution in [0.4, 0.5) is 5.69 Å². The maximum absolute atomic E-state index is 12.1. The predicted molar refractivity (Wildman–Crippen MR) is 99.3 cm³/mol. The first kappa shape index (κ1) is 19.8. The van der Waals surface area contributed by atoms with Gasteiger partial charge in [-0.2, -0.15) is 0 Å². The molecule has 1 aromatic carbocycles. The highest BCUT2D eigenvalue weighted by atomic mass is 35.5. The summed E-state index contributed by atoms with van der Waals surface area (Å²) in [4.78, 5) is 25.9. The second-order valence-corrected chi connectivity index (χ2v) is 6.80. The van der Waals surface area contributed by atoms with Crippen molar-refractivity contribution in [2.45, 2.75) is 33.6 Å². The molecule has 0 bridgehead atoms. The minimum absolute atomic E-state index is 0.106. The first-order chi connectivity index (χ1) is 11.0. The third-order valence-electron chi connectivity index (χ3n) is 3.26. The van der Waals surface area contributed by atoms with E-state index in [1.165, 1.54) is 11.8 Å². The fraction of sp³-hybridized carbons (Fsp3) is 0.529. The van der Waals surface area contributed by atoms with Gasteiger partial charge in [-0.25, -0.2) is 0 Å². The van der Waals surface area contributed by atoms with E-state index in [9.17, 15) is 9.59 Å². The van der Waals surface area contributed by atoms with E-state index in [0.29, 0.717) is 10.8 Å². The summed E-state index contributed by atoms with van der Waals surface area (Å²) in [6.07, 6.45) is 1.90. The molecule has 0 aliphatic rings. The Kier molecular flexibility index (Phi) is 9.10. The zero-order chi connectivity index (χ0) is 17.2. The number of benzene rings is 1. The summed E-state index contributed by atoms with van der Waals surface area (Å²) >= 11 is 7.24. The average molecular weight is 357 g/mol. The number of anilines is 1. The molecule has 0 unspecified atom stereocenters. The molecule has 0 saturated carbocycles. The highest BCUT2D eigenvalue weighted by molar-refractivity contribution is 8.00. The van der Waals surface area contributed by atoms with Gasteiger partial charge in [0.15, 0.2) is 0 Å². The Morgan fingerprint density at radius 2 is 1.83 bits per heavy atom. The topological polar surface area (TPSA) is 49.4 Å². The van der Waals surface area contributed by atoms with Gasteiger partial charge in [-0.05, 0) is 43.5 Å². The minimum Gasteiger partial charge on any atom is -0.342 e. The van der Waals surface area contributed by atoms with Gasteiger partial charge in [0.05, 0.1) is 11.5 Å². The number of carbonyl (C=O) groups is 2. The van der Waals surface area contributed by atoms with Gasteiger partial charge in [-0.1, -0.05) is 25.4 Å². The fourth-order valence-electron chi connectivity index (χ4n) is 2.18. The van der Waals surface area contributed by atoms with Crippen molar-refractivity contribution < 1.29 is 9.59 Å². The van der Waals surface area contributed by atoms with Crippen LogP contribution in [-0.2, 0) is 9.59 Å². The Bertz CT molecular complexity index is 531. The quantitative estimate of drug-likeness (QED) is 0.728. The second kappa shape index (κ2) is 10.6. The molecule has 0 aliphatic heterocycles. The lowest BCUT2D eigenvalue weighted by Crippen LogP contribution is -2.34. The third kappa shape index (κ3) is 7.27. The number of nitrogens with one attached hydrogen (secondary N) is 1. The summed E-state index contributed by atoms with van der Waals surface area (Å²) in [7, 11) is 0. The lowest BCUT2D eigenvalue weighted by molar-refractivity contribution is -0.128. The van der Waals surface area contributed by atoms with Gasteiger partial charge in [-0.15, -0.1) is 11.8 Å². The van der Waals surface area contributed by atoms with Crippen LogP contribution in [-0.4, -0.2) is 41.3 Å². The molecule has 6 heteroatoms. The van der Waals surface area contributed by atoms with Gasteiger partial charge in [0, 0.05) is 23.8 Å². The van der Waals surface area contributed by atoms with Crippen molar-refractivity contribution in [1.29, 1.82) is 0 Å². The van der Waals surface area contributed by atoms with Crippen molar-refractivity contribution in [3.8, 4) is 0 Å². The summed E-state index contributed by atoms with van der Waals surface area (Å²) in [6, 6.07) is 5.34. The lowest BCUT2D eigenvalue weighted by atomic mass is 10.2. The SMILES string of the molecule is CCCN(CCC)C(=O)CSCC(=O)Nc1ccc(Cl)cc1C. The monoisotopic (exact) mass is 356 g/mol. The summed E-state index contributed by atoms with van der Waals surface area (Å²) in [5.74, 6) is 0.604. The highest BCUT2D eigenvalue weighted by Crippen LogP contribution is 2.19. The summed E-state index contributed by atoms with van der Waals surface area (Å²) in [5, 5.41) is 3.49. The van der Waals surface area contributed by atoms with Crippen molar-refractivity contribution in [2.75, 3.05) is 29.9 Å². The number of halogens is 1. The molecule has 1 N–H and O–H groups in total. The molecular weight excluding hydrogens is 332 g/mol. The van der Waals surface area contributed by atoms with Crippen molar-refractivity contribution in [3.05, 3.63) is 28.8 Å². The molecule has 0 aliphatic carbocycles. The van der Waals surface area contributed by atoms with Crippen LogP contribution >= 0.6 is 23.4 Å². The zero-order valence-electron chi connectivity index (χ0n) is 14.0. The second-order valence-electron chi connectivity index (χ2n) is 5.38. The summed E-state index contributed by atoms with van der Waals surface area (Å²) in [5.41, 5.74) is 1.67. The molecule has 1 rings (SSSR count). The highest BCUT2D eigenvalue weighted by Gasteiger charge is 2.13. The maximum Gasteiger partial charge on any atom is 0.234 e. The Hall–Kier alpha value is -1.20. The third-order valence-corrected chi connectivity index (χ3v) is 4.41. The normalized spacial score (nSPS) is 10.4. The molecule has 0 heterocycles. The van der Waals surface area contributed by atoms with Crippen molar-refractivity contribution in [3.63, 3.8) is 0 Å². The van der Waals surface area contributed by atoms with Gasteiger partial charge in [0.1, 0.15) is 0 Å². The fourth-order valence-corrected chi connectivity index (χ4v) is 3.12. The number of thioether (sulfide) groups is 1. The van der Waals surface area contributed by atoms with Crippen LogP contribution in [0.2, 0.25) is 5.02 Å². The van der Waals surface area contributed by atoms with Crippen molar-refractivity contribution in [1.82, 2.24) is 4.90 Å². The van der Waals surface area contributed by atoms with E-state index in [0.717, 1.165) is 37.2 Å². The Labute approximate surface area is 148 Å². The molecule has 0 aromatic heterocycles. The van der Waals surface area contributed by atoms with E-state index in [4.69, 9.17) is 11.6 Å². The van der Waals surface area contributed by atoms with Crippen LogP contribution < -0.4 is 5.32 Å². The first-order valence-electron chi connectivity index (χ1n) is 7.89. The van der Waals surface area contributed by atoms with Crippen LogP contribution in [0.5, 0.6) is 0 Å². The Morgan fingerprint density at radius 1 is 1.17 bits per heavy atom. The van der Waals surface area contributed by atoms with E-state index in [1.54, 1.807) is 18.2 Å². The predicted octanol–water partition coefficient (Wildman–Crippen LogP) is 3.97. The largest absolute Gasteiger partial charge is 0.342 e. The number of carbonyl (C=O) groups excluding carboxylic acids is 2. The first-order valence-corrected chi connectivity index (χ1v) is 9.42. The van der Waals surface area contributed by atoms with Crippen LogP contribution in [0.3, 0.4) is 0 Å². The Morgan fingerprint density at radius 3 is 2.39 bits per heavy atom. The van der Waals surface area contributed by atoms with E-state index in [2.05, 4.69) is 19.2 Å². The number of amides is 2. The van der Waals surface area contributed by atoms with Crippen LogP contribution in [0.25, 0.3) is 0 Å². The van der Waals surface area contributed by atoms with Gasteiger partial charge in [-0.3, -0.25) is 9.59 Å². The molecule has 23 heavy (non-hydrogen) atoms. The minimum atomic E-state index is -0.106. The molecule has 128 valence electrons. The lowest BCUT2D eigenvalue weighted by Gasteiger charge is -2.21. The van der Waals surface area contributed by atoms with Gasteiger partial charge < -0.3 is 10.2 Å². The summed E-state index contributed by atoms with van der Waals surface area (Å²) < 4.78 is 0.